The third-order valence-electron chi connectivity index (χ3n) is 2.65. The first-order chi connectivity index (χ1) is 8.15. The van der Waals surface area contributed by atoms with E-state index in [4.69, 9.17) is 9.47 Å². The zero-order valence-electron chi connectivity index (χ0n) is 11.0. The molecule has 0 fully saturated rings. The molecule has 0 amide bonds. The lowest BCUT2D eigenvalue weighted by Gasteiger charge is -2.23. The Morgan fingerprint density at radius 2 is 2.00 bits per heavy atom. The lowest BCUT2D eigenvalue weighted by Crippen LogP contribution is -2.33. The normalized spacial score (nSPS) is 20.6. The smallest absolute Gasteiger partial charge is 0.174 e. The van der Waals surface area contributed by atoms with Crippen LogP contribution >= 0.6 is 0 Å². The highest BCUT2D eigenvalue weighted by Gasteiger charge is 2.17. The van der Waals surface area contributed by atoms with Crippen LogP contribution < -0.4 is 5.32 Å². The number of ketones is 1. The summed E-state index contributed by atoms with van der Waals surface area (Å²) in [6.45, 7) is 7.82. The van der Waals surface area contributed by atoms with Crippen molar-refractivity contribution in [3.05, 3.63) is 11.8 Å². The molecule has 1 unspecified atom stereocenters. The van der Waals surface area contributed by atoms with Gasteiger partial charge in [-0.25, -0.2) is 0 Å². The number of rotatable bonds is 7. The highest BCUT2D eigenvalue weighted by atomic mass is 16.7. The Kier molecular flexibility index (Phi) is 6.22. The molecule has 0 aromatic carbocycles. The van der Waals surface area contributed by atoms with Crippen LogP contribution in [0.1, 0.15) is 33.6 Å². The minimum atomic E-state index is -0.238. The number of allylic oxidation sites excluding steroid dienone is 2. The van der Waals surface area contributed by atoms with E-state index in [1.807, 2.05) is 13.8 Å². The number of carbonyl (C=O) groups is 1. The Morgan fingerprint density at radius 1 is 1.35 bits per heavy atom. The molecule has 4 heteroatoms. The van der Waals surface area contributed by atoms with Gasteiger partial charge in [0, 0.05) is 31.4 Å². The van der Waals surface area contributed by atoms with Crippen LogP contribution in [0.4, 0.5) is 0 Å². The second-order valence-electron chi connectivity index (χ2n) is 4.37. The summed E-state index contributed by atoms with van der Waals surface area (Å²) in [5.41, 5.74) is 0.998. The van der Waals surface area contributed by atoms with Gasteiger partial charge in [-0.05, 0) is 26.2 Å². The summed E-state index contributed by atoms with van der Waals surface area (Å²) in [5.74, 6) is 0.628. The van der Waals surface area contributed by atoms with Gasteiger partial charge in [0.05, 0.1) is 6.54 Å². The van der Waals surface area contributed by atoms with E-state index in [0.29, 0.717) is 32.1 Å². The lowest BCUT2D eigenvalue weighted by atomic mass is 9.93. The third kappa shape index (κ3) is 5.33. The van der Waals surface area contributed by atoms with Gasteiger partial charge in [-0.2, -0.15) is 0 Å². The molecule has 1 aliphatic rings. The molecular weight excluding hydrogens is 218 g/mol. The fraction of sp³-hybridized carbons (Fsp3) is 0.769. The Morgan fingerprint density at radius 3 is 2.53 bits per heavy atom. The summed E-state index contributed by atoms with van der Waals surface area (Å²) >= 11 is 0. The Hall–Kier alpha value is -0.870. The van der Waals surface area contributed by atoms with Crippen molar-refractivity contribution >= 4 is 5.78 Å². The Balaban J connectivity index is 2.39. The third-order valence-corrected chi connectivity index (χ3v) is 2.65. The molecule has 0 saturated carbocycles. The molecule has 1 rings (SSSR count). The molecule has 0 aromatic heterocycles. The van der Waals surface area contributed by atoms with Crippen molar-refractivity contribution in [2.45, 2.75) is 39.9 Å². The van der Waals surface area contributed by atoms with Crippen molar-refractivity contribution in [2.75, 3.05) is 19.8 Å². The van der Waals surface area contributed by atoms with Crippen LogP contribution in [-0.2, 0) is 14.3 Å². The molecule has 1 atom stereocenters. The number of hydrogen-bond donors (Lipinski definition) is 1. The number of hydrogen-bond acceptors (Lipinski definition) is 4. The van der Waals surface area contributed by atoms with Crippen LogP contribution in [-0.4, -0.2) is 31.8 Å². The van der Waals surface area contributed by atoms with Crippen molar-refractivity contribution in [1.82, 2.24) is 5.32 Å². The van der Waals surface area contributed by atoms with Crippen molar-refractivity contribution in [3.63, 3.8) is 0 Å². The van der Waals surface area contributed by atoms with E-state index >= 15 is 0 Å². The van der Waals surface area contributed by atoms with Crippen LogP contribution in [0.15, 0.2) is 11.8 Å². The monoisotopic (exact) mass is 241 g/mol. The van der Waals surface area contributed by atoms with Crippen LogP contribution in [0.2, 0.25) is 0 Å². The summed E-state index contributed by atoms with van der Waals surface area (Å²) in [6, 6.07) is 0. The molecule has 98 valence electrons. The largest absolute Gasteiger partial charge is 0.383 e. The molecule has 0 radical (unpaired) electrons. The van der Waals surface area contributed by atoms with Crippen molar-refractivity contribution in [3.8, 4) is 0 Å². The van der Waals surface area contributed by atoms with Crippen LogP contribution in [0.3, 0.4) is 0 Å². The maximum Gasteiger partial charge on any atom is 0.174 e. The standard InChI is InChI=1S/C13H23NO3/c1-4-16-13(17-5-2)9-14-11-6-10(3)7-12(15)8-11/h8,10,13-14H,4-7,9H2,1-3H3. The van der Waals surface area contributed by atoms with E-state index in [1.165, 1.54) is 0 Å². The van der Waals surface area contributed by atoms with Crippen molar-refractivity contribution in [2.24, 2.45) is 5.92 Å². The summed E-state index contributed by atoms with van der Waals surface area (Å²) in [7, 11) is 0. The van der Waals surface area contributed by atoms with Gasteiger partial charge in [0.1, 0.15) is 0 Å². The number of carbonyl (C=O) groups excluding carboxylic acids is 1. The molecule has 0 heterocycles. The zero-order chi connectivity index (χ0) is 12.7. The quantitative estimate of drug-likeness (QED) is 0.691. The highest BCUT2D eigenvalue weighted by Crippen LogP contribution is 2.19. The van der Waals surface area contributed by atoms with E-state index in [2.05, 4.69) is 12.2 Å². The van der Waals surface area contributed by atoms with Gasteiger partial charge in [-0.15, -0.1) is 0 Å². The minimum Gasteiger partial charge on any atom is -0.383 e. The lowest BCUT2D eigenvalue weighted by molar-refractivity contribution is -0.132. The van der Waals surface area contributed by atoms with Crippen LogP contribution in [0.25, 0.3) is 0 Å². The van der Waals surface area contributed by atoms with Crippen molar-refractivity contribution < 1.29 is 14.3 Å². The second-order valence-corrected chi connectivity index (χ2v) is 4.37. The van der Waals surface area contributed by atoms with E-state index in [0.717, 1.165) is 12.1 Å². The van der Waals surface area contributed by atoms with E-state index in [9.17, 15) is 4.79 Å². The highest BCUT2D eigenvalue weighted by molar-refractivity contribution is 5.91. The van der Waals surface area contributed by atoms with E-state index in [-0.39, 0.29) is 12.1 Å². The zero-order valence-corrected chi connectivity index (χ0v) is 11.0. The van der Waals surface area contributed by atoms with Crippen LogP contribution in [0, 0.1) is 5.92 Å². The SMILES string of the molecule is CCOC(CNC1=CC(=O)CC(C)C1)OCC. The van der Waals surface area contributed by atoms with Gasteiger partial charge >= 0.3 is 0 Å². The fourth-order valence-electron chi connectivity index (χ4n) is 1.98. The maximum atomic E-state index is 11.4. The first kappa shape index (κ1) is 14.2. The predicted octanol–water partition coefficient (Wildman–Crippen LogP) is 1.86. The molecule has 0 aliphatic heterocycles. The molecule has 0 bridgehead atoms. The fourth-order valence-corrected chi connectivity index (χ4v) is 1.98. The first-order valence-corrected chi connectivity index (χ1v) is 6.36. The van der Waals surface area contributed by atoms with Gasteiger partial charge in [0.25, 0.3) is 0 Å². The first-order valence-electron chi connectivity index (χ1n) is 6.36. The van der Waals surface area contributed by atoms with Crippen molar-refractivity contribution in [1.29, 1.82) is 0 Å². The maximum absolute atomic E-state index is 11.4. The topological polar surface area (TPSA) is 47.6 Å². The van der Waals surface area contributed by atoms with Gasteiger partial charge in [-0.1, -0.05) is 6.92 Å². The number of nitrogens with one attached hydrogen (secondary N) is 1. The van der Waals surface area contributed by atoms with E-state index in [1.54, 1.807) is 6.08 Å². The minimum absolute atomic E-state index is 0.204. The molecule has 0 aromatic rings. The molecule has 4 nitrogen and oxygen atoms in total. The summed E-state index contributed by atoms with van der Waals surface area (Å²) < 4.78 is 10.9. The average molecular weight is 241 g/mol. The molecule has 0 saturated heterocycles. The van der Waals surface area contributed by atoms with Gasteiger partial charge in [0.15, 0.2) is 12.1 Å². The summed E-state index contributed by atoms with van der Waals surface area (Å²) in [6.07, 6.45) is 3.05. The van der Waals surface area contributed by atoms with E-state index < -0.39 is 0 Å². The summed E-state index contributed by atoms with van der Waals surface area (Å²) in [4.78, 5) is 11.4. The Bertz CT molecular complexity index is 270. The molecule has 17 heavy (non-hydrogen) atoms. The van der Waals surface area contributed by atoms with Gasteiger partial charge < -0.3 is 14.8 Å². The molecular formula is C13H23NO3. The predicted molar refractivity (Wildman–Crippen MR) is 66.5 cm³/mol. The number of ether oxygens (including phenoxy) is 2. The van der Waals surface area contributed by atoms with Gasteiger partial charge in [0.2, 0.25) is 0 Å². The molecule has 1 aliphatic carbocycles. The second kappa shape index (κ2) is 7.45. The molecule has 0 spiro atoms. The molecule has 1 N–H and O–H groups in total. The summed E-state index contributed by atoms with van der Waals surface area (Å²) in [5, 5.41) is 3.24. The Labute approximate surface area is 103 Å². The van der Waals surface area contributed by atoms with Gasteiger partial charge in [-0.3, -0.25) is 4.79 Å². The average Bonchev–Trinajstić information content (AvgIpc) is 2.25. The van der Waals surface area contributed by atoms with Crippen LogP contribution in [0.5, 0.6) is 0 Å².